The highest BCUT2D eigenvalue weighted by molar-refractivity contribution is 5.98. The number of halogens is 1. The average Bonchev–Trinajstić information content (AvgIpc) is 2.29. The van der Waals surface area contributed by atoms with Gasteiger partial charge in [-0.2, -0.15) is 0 Å². The number of aryl methyl sites for hydroxylation is 1. The maximum atomic E-state index is 12.9. The highest BCUT2D eigenvalue weighted by atomic mass is 28.2. The number of hydrogen-bond donors (Lipinski definition) is 0. The van der Waals surface area contributed by atoms with Crippen molar-refractivity contribution in [1.29, 1.82) is 0 Å². The first-order chi connectivity index (χ1) is 8.03. The molecule has 0 saturated heterocycles. The van der Waals surface area contributed by atoms with Crippen LogP contribution >= 0.6 is 0 Å². The van der Waals surface area contributed by atoms with Gasteiger partial charge in [0.1, 0.15) is 16.3 Å². The van der Waals surface area contributed by atoms with E-state index in [1.165, 1.54) is 18.9 Å². The summed E-state index contributed by atoms with van der Waals surface area (Å²) in [7, 11) is 0.804. The molecule has 0 atom stereocenters. The Hall–Kier alpha value is -0.673. The fourth-order valence-electron chi connectivity index (χ4n) is 1.85. The van der Waals surface area contributed by atoms with Crippen LogP contribution in [-0.4, -0.2) is 16.1 Å². The van der Waals surface area contributed by atoms with E-state index in [-0.39, 0.29) is 11.4 Å². The van der Waals surface area contributed by atoms with E-state index in [0.29, 0.717) is 0 Å². The summed E-state index contributed by atoms with van der Waals surface area (Å²) in [5.41, 5.74) is 1.15. The molecular weight excluding hydrogens is 231 g/mol. The SMILES string of the molecule is CC(C)(CCCCCc1cccc(F)c1)O[SiH3]. The molecule has 0 aromatic heterocycles. The Morgan fingerprint density at radius 2 is 2.00 bits per heavy atom. The third-order valence-corrected chi connectivity index (χ3v) is 4.29. The largest absolute Gasteiger partial charge is 0.423 e. The lowest BCUT2D eigenvalue weighted by Crippen LogP contribution is -2.22. The minimum Gasteiger partial charge on any atom is -0.423 e. The van der Waals surface area contributed by atoms with Crippen LogP contribution in [0.15, 0.2) is 24.3 Å². The standard InChI is InChI=1S/C14H23FOSi/c1-14(2,16-17)10-5-3-4-7-12-8-6-9-13(15)11-12/h6,8-9,11H,3-5,7,10H2,1-2,17H3. The fourth-order valence-corrected chi connectivity index (χ4v) is 2.06. The van der Waals surface area contributed by atoms with E-state index in [1.54, 1.807) is 12.1 Å². The molecule has 0 amide bonds. The second kappa shape index (κ2) is 6.92. The van der Waals surface area contributed by atoms with Gasteiger partial charge in [0.15, 0.2) is 0 Å². The zero-order chi connectivity index (χ0) is 12.7. The normalized spacial score (nSPS) is 11.9. The predicted octanol–water partition coefficient (Wildman–Crippen LogP) is 3.00. The molecule has 1 nitrogen and oxygen atoms in total. The summed E-state index contributed by atoms with van der Waals surface area (Å²) in [4.78, 5) is 0. The van der Waals surface area contributed by atoms with Crippen LogP contribution in [0.1, 0.15) is 45.1 Å². The highest BCUT2D eigenvalue weighted by Gasteiger charge is 2.14. The van der Waals surface area contributed by atoms with E-state index in [9.17, 15) is 4.39 Å². The molecule has 0 unspecified atom stereocenters. The van der Waals surface area contributed by atoms with Crippen molar-refractivity contribution in [1.82, 2.24) is 0 Å². The minimum atomic E-state index is -0.132. The monoisotopic (exact) mass is 254 g/mol. The van der Waals surface area contributed by atoms with Gasteiger partial charge < -0.3 is 4.43 Å². The molecule has 96 valence electrons. The van der Waals surface area contributed by atoms with Crippen LogP contribution in [0.4, 0.5) is 4.39 Å². The van der Waals surface area contributed by atoms with Gasteiger partial charge in [0.05, 0.1) is 0 Å². The third-order valence-electron chi connectivity index (χ3n) is 3.19. The summed E-state index contributed by atoms with van der Waals surface area (Å²) < 4.78 is 18.4. The molecule has 0 heterocycles. The zero-order valence-electron chi connectivity index (χ0n) is 11.1. The molecule has 0 fully saturated rings. The molecule has 0 spiro atoms. The molecule has 1 aromatic rings. The number of hydrogen-bond acceptors (Lipinski definition) is 1. The Labute approximate surface area is 107 Å². The van der Waals surface area contributed by atoms with Crippen LogP contribution in [0, 0.1) is 5.82 Å². The van der Waals surface area contributed by atoms with Crippen molar-refractivity contribution >= 4 is 10.5 Å². The van der Waals surface area contributed by atoms with E-state index in [1.807, 2.05) is 6.07 Å². The Kier molecular flexibility index (Phi) is 5.85. The lowest BCUT2D eigenvalue weighted by Gasteiger charge is -2.23. The maximum absolute atomic E-state index is 12.9. The van der Waals surface area contributed by atoms with Gasteiger partial charge in [-0.05, 0) is 50.8 Å². The Morgan fingerprint density at radius 3 is 2.65 bits per heavy atom. The van der Waals surface area contributed by atoms with Crippen molar-refractivity contribution in [3.05, 3.63) is 35.6 Å². The van der Waals surface area contributed by atoms with E-state index < -0.39 is 0 Å². The molecule has 1 rings (SSSR count). The summed E-state index contributed by atoms with van der Waals surface area (Å²) in [5.74, 6) is -0.132. The van der Waals surface area contributed by atoms with E-state index in [2.05, 4.69) is 13.8 Å². The van der Waals surface area contributed by atoms with Crippen LogP contribution in [0.25, 0.3) is 0 Å². The minimum absolute atomic E-state index is 0.0467. The van der Waals surface area contributed by atoms with E-state index in [4.69, 9.17) is 4.43 Å². The van der Waals surface area contributed by atoms with Gasteiger partial charge in [0.25, 0.3) is 0 Å². The first kappa shape index (κ1) is 14.4. The van der Waals surface area contributed by atoms with Gasteiger partial charge in [-0.15, -0.1) is 0 Å². The fraction of sp³-hybridized carbons (Fsp3) is 0.571. The van der Waals surface area contributed by atoms with Gasteiger partial charge in [-0.3, -0.25) is 0 Å². The smallest absolute Gasteiger partial charge is 0.146 e. The van der Waals surface area contributed by atoms with Crippen molar-refractivity contribution in [3.8, 4) is 0 Å². The summed E-state index contributed by atoms with van der Waals surface area (Å²) in [5, 5.41) is 0. The van der Waals surface area contributed by atoms with Gasteiger partial charge in [-0.1, -0.05) is 25.0 Å². The topological polar surface area (TPSA) is 9.23 Å². The molecule has 0 radical (unpaired) electrons. The second-order valence-corrected chi connectivity index (χ2v) is 5.56. The lowest BCUT2D eigenvalue weighted by atomic mass is 9.99. The van der Waals surface area contributed by atoms with Gasteiger partial charge in [0.2, 0.25) is 0 Å². The molecule has 1 aromatic carbocycles. The van der Waals surface area contributed by atoms with Gasteiger partial charge in [0, 0.05) is 5.60 Å². The van der Waals surface area contributed by atoms with Gasteiger partial charge >= 0.3 is 0 Å². The van der Waals surface area contributed by atoms with E-state index >= 15 is 0 Å². The van der Waals surface area contributed by atoms with Crippen molar-refractivity contribution in [2.45, 2.75) is 51.6 Å². The average molecular weight is 254 g/mol. The molecule has 0 N–H and O–H groups in total. The number of rotatable bonds is 7. The quantitative estimate of drug-likeness (QED) is 0.537. The molecule has 0 aliphatic rings. The zero-order valence-corrected chi connectivity index (χ0v) is 13.1. The molecule has 0 saturated carbocycles. The molecule has 0 aliphatic carbocycles. The number of unbranched alkanes of at least 4 members (excludes halogenated alkanes) is 2. The molecular formula is C14H23FOSi. The van der Waals surface area contributed by atoms with Crippen molar-refractivity contribution < 1.29 is 8.82 Å². The van der Waals surface area contributed by atoms with Crippen molar-refractivity contribution in [2.24, 2.45) is 0 Å². The molecule has 0 bridgehead atoms. The lowest BCUT2D eigenvalue weighted by molar-refractivity contribution is 0.109. The molecule has 0 aliphatic heterocycles. The summed E-state index contributed by atoms with van der Waals surface area (Å²) in [6.45, 7) is 4.29. The Bertz CT molecular complexity index is 339. The van der Waals surface area contributed by atoms with Gasteiger partial charge in [-0.25, -0.2) is 4.39 Å². The third kappa shape index (κ3) is 5.98. The first-order valence-corrected chi connectivity index (χ1v) is 7.15. The summed E-state index contributed by atoms with van der Waals surface area (Å²) in [6.07, 6.45) is 5.58. The maximum Gasteiger partial charge on any atom is 0.146 e. The summed E-state index contributed by atoms with van der Waals surface area (Å²) in [6, 6.07) is 6.90. The van der Waals surface area contributed by atoms with Crippen LogP contribution in [-0.2, 0) is 10.8 Å². The Balaban J connectivity index is 2.17. The second-order valence-electron chi connectivity index (χ2n) is 5.15. The highest BCUT2D eigenvalue weighted by Crippen LogP contribution is 2.18. The Morgan fingerprint density at radius 1 is 1.24 bits per heavy atom. The van der Waals surface area contributed by atoms with Crippen LogP contribution in [0.3, 0.4) is 0 Å². The molecule has 3 heteroatoms. The van der Waals surface area contributed by atoms with Crippen LogP contribution in [0.2, 0.25) is 0 Å². The van der Waals surface area contributed by atoms with Crippen molar-refractivity contribution in [2.75, 3.05) is 0 Å². The molecule has 17 heavy (non-hydrogen) atoms. The van der Waals surface area contributed by atoms with Crippen molar-refractivity contribution in [3.63, 3.8) is 0 Å². The number of benzene rings is 1. The van der Waals surface area contributed by atoms with E-state index in [0.717, 1.165) is 35.3 Å². The summed E-state index contributed by atoms with van der Waals surface area (Å²) >= 11 is 0. The predicted molar refractivity (Wildman–Crippen MR) is 73.7 cm³/mol. The van der Waals surface area contributed by atoms with Crippen LogP contribution < -0.4 is 0 Å². The first-order valence-electron chi connectivity index (χ1n) is 6.33. The van der Waals surface area contributed by atoms with Crippen LogP contribution in [0.5, 0.6) is 0 Å².